The summed E-state index contributed by atoms with van der Waals surface area (Å²) in [6, 6.07) is 0.261. The maximum Gasteiger partial charge on any atom is 0.0581 e. The Morgan fingerprint density at radius 2 is 2.23 bits per heavy atom. The molecule has 2 unspecified atom stereocenters. The summed E-state index contributed by atoms with van der Waals surface area (Å²) in [5.74, 6) is 1.75. The van der Waals surface area contributed by atoms with Gasteiger partial charge in [-0.25, -0.2) is 0 Å². The van der Waals surface area contributed by atoms with Crippen molar-refractivity contribution in [2.24, 2.45) is 11.8 Å². The van der Waals surface area contributed by atoms with E-state index in [9.17, 15) is 0 Å². The maximum atomic E-state index is 8.85. The highest BCUT2D eigenvalue weighted by Crippen LogP contribution is 2.27. The number of rotatable bonds is 4. The lowest BCUT2D eigenvalue weighted by molar-refractivity contribution is 0.226. The standard InChI is InChI=1S/C11H23NO/c1-9-4-3-5-11(6-9)7-12-10(2)8-13/h9-13H,3-8H2,1-2H3/t9?,10-,11?/m0/s1. The molecule has 0 spiro atoms. The van der Waals surface area contributed by atoms with Gasteiger partial charge in [0, 0.05) is 6.04 Å². The molecule has 0 bridgehead atoms. The van der Waals surface area contributed by atoms with Crippen LogP contribution < -0.4 is 5.32 Å². The van der Waals surface area contributed by atoms with Crippen molar-refractivity contribution in [1.82, 2.24) is 5.32 Å². The van der Waals surface area contributed by atoms with Gasteiger partial charge < -0.3 is 10.4 Å². The fourth-order valence-electron chi connectivity index (χ4n) is 2.18. The quantitative estimate of drug-likeness (QED) is 0.700. The van der Waals surface area contributed by atoms with Gasteiger partial charge in [0.2, 0.25) is 0 Å². The van der Waals surface area contributed by atoms with Crippen molar-refractivity contribution in [3.05, 3.63) is 0 Å². The molecule has 2 nitrogen and oxygen atoms in total. The summed E-state index contributed by atoms with van der Waals surface area (Å²) in [5, 5.41) is 12.2. The van der Waals surface area contributed by atoms with E-state index in [4.69, 9.17) is 5.11 Å². The van der Waals surface area contributed by atoms with Crippen LogP contribution in [0.15, 0.2) is 0 Å². The largest absolute Gasteiger partial charge is 0.395 e. The van der Waals surface area contributed by atoms with Crippen LogP contribution >= 0.6 is 0 Å². The first kappa shape index (κ1) is 11.0. The number of nitrogens with one attached hydrogen (secondary N) is 1. The Balaban J connectivity index is 2.13. The van der Waals surface area contributed by atoms with E-state index in [2.05, 4.69) is 12.2 Å². The molecule has 2 heteroatoms. The molecule has 2 N–H and O–H groups in total. The molecule has 0 aliphatic heterocycles. The lowest BCUT2D eigenvalue weighted by atomic mass is 9.82. The van der Waals surface area contributed by atoms with Gasteiger partial charge in [-0.05, 0) is 38.1 Å². The van der Waals surface area contributed by atoms with Gasteiger partial charge in [0.1, 0.15) is 0 Å². The van der Waals surface area contributed by atoms with Crippen molar-refractivity contribution in [3.63, 3.8) is 0 Å². The zero-order chi connectivity index (χ0) is 9.68. The smallest absolute Gasteiger partial charge is 0.0581 e. The van der Waals surface area contributed by atoms with Crippen LogP contribution in [0.1, 0.15) is 39.5 Å². The Morgan fingerprint density at radius 3 is 2.85 bits per heavy atom. The van der Waals surface area contributed by atoms with Gasteiger partial charge in [0.05, 0.1) is 6.61 Å². The van der Waals surface area contributed by atoms with Crippen molar-refractivity contribution in [2.75, 3.05) is 13.2 Å². The summed E-state index contributed by atoms with van der Waals surface area (Å²) in [7, 11) is 0. The van der Waals surface area contributed by atoms with Gasteiger partial charge in [-0.2, -0.15) is 0 Å². The normalized spacial score (nSPS) is 31.6. The van der Waals surface area contributed by atoms with Crippen molar-refractivity contribution in [2.45, 2.75) is 45.6 Å². The monoisotopic (exact) mass is 185 g/mol. The fraction of sp³-hybridized carbons (Fsp3) is 1.00. The first-order valence-corrected chi connectivity index (χ1v) is 5.56. The van der Waals surface area contributed by atoms with E-state index in [-0.39, 0.29) is 12.6 Å². The molecular weight excluding hydrogens is 162 g/mol. The minimum Gasteiger partial charge on any atom is -0.395 e. The van der Waals surface area contributed by atoms with E-state index in [1.807, 2.05) is 6.92 Å². The third kappa shape index (κ3) is 4.10. The Bertz CT molecular complexity index is 138. The predicted molar refractivity (Wildman–Crippen MR) is 55.7 cm³/mol. The highest BCUT2D eigenvalue weighted by molar-refractivity contribution is 4.73. The molecule has 78 valence electrons. The Kier molecular flexibility index (Phi) is 4.74. The lowest BCUT2D eigenvalue weighted by Gasteiger charge is -2.27. The molecule has 13 heavy (non-hydrogen) atoms. The van der Waals surface area contributed by atoms with Crippen molar-refractivity contribution >= 4 is 0 Å². The minimum atomic E-state index is 0.252. The fourth-order valence-corrected chi connectivity index (χ4v) is 2.18. The topological polar surface area (TPSA) is 32.3 Å². The van der Waals surface area contributed by atoms with Crippen LogP contribution in [0, 0.1) is 11.8 Å². The van der Waals surface area contributed by atoms with E-state index < -0.39 is 0 Å². The number of hydrogen-bond donors (Lipinski definition) is 2. The van der Waals surface area contributed by atoms with E-state index >= 15 is 0 Å². The van der Waals surface area contributed by atoms with E-state index in [1.165, 1.54) is 25.7 Å². The van der Waals surface area contributed by atoms with E-state index in [0.29, 0.717) is 0 Å². The summed E-state index contributed by atoms with van der Waals surface area (Å²) in [4.78, 5) is 0. The molecule has 0 aromatic rings. The highest BCUT2D eigenvalue weighted by atomic mass is 16.3. The lowest BCUT2D eigenvalue weighted by Crippen LogP contribution is -2.35. The van der Waals surface area contributed by atoms with Crippen molar-refractivity contribution in [3.8, 4) is 0 Å². The Hall–Kier alpha value is -0.0800. The maximum absolute atomic E-state index is 8.85. The van der Waals surface area contributed by atoms with Crippen molar-refractivity contribution in [1.29, 1.82) is 0 Å². The van der Waals surface area contributed by atoms with Crippen LogP contribution in [0.2, 0.25) is 0 Å². The predicted octanol–water partition coefficient (Wildman–Crippen LogP) is 1.78. The molecule has 0 aromatic carbocycles. The third-order valence-corrected chi connectivity index (χ3v) is 3.07. The molecule has 0 saturated heterocycles. The summed E-state index contributed by atoms with van der Waals surface area (Å²) < 4.78 is 0. The van der Waals surface area contributed by atoms with Gasteiger partial charge in [-0.15, -0.1) is 0 Å². The minimum absolute atomic E-state index is 0.252. The van der Waals surface area contributed by atoms with Crippen LogP contribution in [0.25, 0.3) is 0 Å². The van der Waals surface area contributed by atoms with E-state index in [0.717, 1.165) is 18.4 Å². The zero-order valence-corrected chi connectivity index (χ0v) is 8.92. The van der Waals surface area contributed by atoms with Crippen LogP contribution in [0.4, 0.5) is 0 Å². The molecular formula is C11H23NO. The number of hydrogen-bond acceptors (Lipinski definition) is 2. The second-order valence-corrected chi connectivity index (χ2v) is 4.63. The Morgan fingerprint density at radius 1 is 1.46 bits per heavy atom. The molecule has 0 radical (unpaired) electrons. The molecule has 3 atom stereocenters. The Labute approximate surface area is 81.7 Å². The third-order valence-electron chi connectivity index (χ3n) is 3.07. The second kappa shape index (κ2) is 5.61. The molecule has 0 heterocycles. The highest BCUT2D eigenvalue weighted by Gasteiger charge is 2.18. The van der Waals surface area contributed by atoms with Gasteiger partial charge in [0.25, 0.3) is 0 Å². The van der Waals surface area contributed by atoms with Gasteiger partial charge >= 0.3 is 0 Å². The summed E-state index contributed by atoms with van der Waals surface area (Å²) in [5.41, 5.74) is 0. The van der Waals surface area contributed by atoms with E-state index in [1.54, 1.807) is 0 Å². The average Bonchev–Trinajstić information content (AvgIpc) is 2.14. The number of aliphatic hydroxyl groups is 1. The first-order chi connectivity index (χ1) is 6.22. The van der Waals surface area contributed by atoms with Crippen LogP contribution in [-0.2, 0) is 0 Å². The van der Waals surface area contributed by atoms with Crippen molar-refractivity contribution < 1.29 is 5.11 Å². The molecule has 1 saturated carbocycles. The van der Waals surface area contributed by atoms with Crippen LogP contribution in [0.3, 0.4) is 0 Å². The summed E-state index contributed by atoms with van der Waals surface area (Å²) >= 11 is 0. The molecule has 1 fully saturated rings. The molecule has 1 aliphatic rings. The molecule has 1 aliphatic carbocycles. The summed E-state index contributed by atoms with van der Waals surface area (Å²) in [6.45, 7) is 5.72. The average molecular weight is 185 g/mol. The molecule has 1 rings (SSSR count). The molecule has 0 aromatic heterocycles. The zero-order valence-electron chi connectivity index (χ0n) is 8.92. The SMILES string of the molecule is CC1CCCC(CN[C@@H](C)CO)C1. The second-order valence-electron chi connectivity index (χ2n) is 4.63. The number of aliphatic hydroxyl groups excluding tert-OH is 1. The van der Waals surface area contributed by atoms with Gasteiger partial charge in [-0.1, -0.05) is 19.8 Å². The van der Waals surface area contributed by atoms with Crippen LogP contribution in [-0.4, -0.2) is 24.3 Å². The van der Waals surface area contributed by atoms with Crippen LogP contribution in [0.5, 0.6) is 0 Å². The summed E-state index contributed by atoms with van der Waals surface area (Å²) in [6.07, 6.45) is 5.54. The van der Waals surface area contributed by atoms with Gasteiger partial charge in [-0.3, -0.25) is 0 Å². The van der Waals surface area contributed by atoms with Gasteiger partial charge in [0.15, 0.2) is 0 Å². The molecule has 0 amide bonds. The first-order valence-electron chi connectivity index (χ1n) is 5.56.